The van der Waals surface area contributed by atoms with Crippen molar-refractivity contribution in [2.24, 2.45) is 56.5 Å². The molecular formula is C26H34N4O6. The minimum absolute atomic E-state index is 0.0504. The van der Waals surface area contributed by atoms with E-state index in [0.717, 1.165) is 10.0 Å². The molecule has 10 nitrogen and oxygen atoms in total. The fourth-order valence-electron chi connectivity index (χ4n) is 8.75. The topological polar surface area (TPSA) is 118 Å². The number of hydrogen-bond acceptors (Lipinski definition) is 8. The van der Waals surface area contributed by atoms with E-state index in [9.17, 15) is 19.2 Å². The molecule has 2 heterocycles. The van der Waals surface area contributed by atoms with Crippen molar-refractivity contribution in [1.82, 2.24) is 10.0 Å². The summed E-state index contributed by atoms with van der Waals surface area (Å²) in [5.41, 5.74) is -1.19. The van der Waals surface area contributed by atoms with Gasteiger partial charge in [0.2, 0.25) is 11.4 Å². The minimum Gasteiger partial charge on any atom is -0.436 e. The number of hydrazone groups is 2. The molecule has 0 aromatic heterocycles. The van der Waals surface area contributed by atoms with Gasteiger partial charge in [0.15, 0.2) is 0 Å². The van der Waals surface area contributed by atoms with Gasteiger partial charge in [0.1, 0.15) is 0 Å². The number of rotatable bonds is 2. The van der Waals surface area contributed by atoms with Crippen LogP contribution in [0.15, 0.2) is 10.2 Å². The average Bonchev–Trinajstić information content (AvgIpc) is 3.19. The molecule has 0 N–H and O–H groups in total. The molecule has 0 aromatic rings. The molecule has 0 saturated heterocycles. The van der Waals surface area contributed by atoms with E-state index in [2.05, 4.69) is 37.9 Å². The van der Waals surface area contributed by atoms with E-state index in [0.29, 0.717) is 24.3 Å². The van der Waals surface area contributed by atoms with E-state index in [-0.39, 0.29) is 46.3 Å². The Balaban J connectivity index is 1.35. The van der Waals surface area contributed by atoms with Crippen molar-refractivity contribution in [2.75, 3.05) is 0 Å². The summed E-state index contributed by atoms with van der Waals surface area (Å²) >= 11 is 0. The molecule has 0 radical (unpaired) electrons. The van der Waals surface area contributed by atoms with E-state index in [4.69, 9.17) is 9.47 Å². The van der Waals surface area contributed by atoms with Gasteiger partial charge in [-0.15, -0.1) is 0 Å². The molecule has 6 aliphatic rings. The highest BCUT2D eigenvalue weighted by atomic mass is 16.6. The smallest absolute Gasteiger partial charge is 0.337 e. The number of carbonyl (C=O) groups excluding carboxylic acids is 4. The van der Waals surface area contributed by atoms with Crippen LogP contribution in [-0.4, -0.2) is 56.6 Å². The lowest BCUT2D eigenvalue weighted by molar-refractivity contribution is -0.205. The van der Waals surface area contributed by atoms with Gasteiger partial charge in [0.05, 0.1) is 11.8 Å². The number of amides is 2. The van der Waals surface area contributed by atoms with Gasteiger partial charge in [-0.25, -0.2) is 0 Å². The Hall–Kier alpha value is -2.78. The van der Waals surface area contributed by atoms with E-state index in [1.54, 1.807) is 0 Å². The number of carbonyl (C=O) groups is 4. The third-order valence-corrected chi connectivity index (χ3v) is 10.3. The molecule has 2 aliphatic heterocycles. The zero-order valence-corrected chi connectivity index (χ0v) is 22.1. The van der Waals surface area contributed by atoms with Crippen LogP contribution in [0.1, 0.15) is 68.2 Å². The molecule has 4 fully saturated rings. The summed E-state index contributed by atoms with van der Waals surface area (Å²) in [5, 5.41) is 11.1. The van der Waals surface area contributed by atoms with Crippen LogP contribution in [0.2, 0.25) is 0 Å². The number of nitrogens with zero attached hydrogens (tertiary/aromatic N) is 4. The summed E-state index contributed by atoms with van der Waals surface area (Å²) in [6, 6.07) is 0. The van der Waals surface area contributed by atoms with Gasteiger partial charge in [-0.3, -0.25) is 19.2 Å². The lowest BCUT2D eigenvalue weighted by atomic mass is 9.83. The first kappa shape index (κ1) is 23.6. The second-order valence-electron chi connectivity index (χ2n) is 12.9. The van der Waals surface area contributed by atoms with Crippen LogP contribution in [-0.2, 0) is 28.7 Å². The summed E-state index contributed by atoms with van der Waals surface area (Å²) in [6.07, 6.45) is 0.847. The Labute approximate surface area is 210 Å². The van der Waals surface area contributed by atoms with Crippen molar-refractivity contribution in [2.45, 2.75) is 79.7 Å². The van der Waals surface area contributed by atoms with E-state index >= 15 is 0 Å². The quantitative estimate of drug-likeness (QED) is 0.426. The Kier molecular flexibility index (Phi) is 4.30. The summed E-state index contributed by atoms with van der Waals surface area (Å²) in [7, 11) is 0. The first-order chi connectivity index (χ1) is 16.6. The van der Waals surface area contributed by atoms with Crippen LogP contribution in [0.4, 0.5) is 0 Å². The van der Waals surface area contributed by atoms with Crippen molar-refractivity contribution in [3.05, 3.63) is 0 Å². The molecule has 4 aliphatic carbocycles. The molecule has 0 bridgehead atoms. The average molecular weight is 499 g/mol. The molecule has 0 spiro atoms. The van der Waals surface area contributed by atoms with Crippen molar-refractivity contribution >= 4 is 35.2 Å². The van der Waals surface area contributed by atoms with Gasteiger partial charge in [0, 0.05) is 38.1 Å². The maximum atomic E-state index is 13.9. The summed E-state index contributed by atoms with van der Waals surface area (Å²) in [6.45, 7) is 14.9. The predicted octanol–water partition coefficient (Wildman–Crippen LogP) is 2.53. The van der Waals surface area contributed by atoms with Crippen molar-refractivity contribution in [3.63, 3.8) is 0 Å². The fraction of sp³-hybridized carbons (Fsp3) is 0.769. The molecule has 194 valence electrons. The van der Waals surface area contributed by atoms with Crippen LogP contribution in [0.5, 0.6) is 0 Å². The highest BCUT2D eigenvalue weighted by Gasteiger charge is 2.80. The van der Waals surface area contributed by atoms with Crippen LogP contribution in [0.25, 0.3) is 0 Å². The Morgan fingerprint density at radius 3 is 1.36 bits per heavy atom. The zero-order valence-electron chi connectivity index (χ0n) is 22.1. The summed E-state index contributed by atoms with van der Waals surface area (Å²) in [4.78, 5) is 52.1. The standard InChI is InChI=1S/C26H34N4O6/c1-11-17-19-15(23(19,5)6)9-25(17,35-13(3)31)29(27-11)21(33)22(34)30-26(36-14(4)32)10-16-20(24(16,7)8)18(26)12(2)28-30/h15-20H,9-10H2,1-8H3/t15-,16-,17+,18+,19+,20+,25-,26+/m1/s1. The first-order valence-electron chi connectivity index (χ1n) is 12.8. The third-order valence-electron chi connectivity index (χ3n) is 10.3. The van der Waals surface area contributed by atoms with Crippen LogP contribution >= 0.6 is 0 Å². The van der Waals surface area contributed by atoms with Crippen LogP contribution < -0.4 is 0 Å². The molecule has 0 aromatic carbocycles. The normalized spacial score (nSPS) is 43.6. The molecule has 0 unspecified atom stereocenters. The Morgan fingerprint density at radius 2 is 1.06 bits per heavy atom. The SMILES string of the molecule is CC(=O)O[C@@]12C[C@@H]3[C@@H]([C@@H]1C(C)=NN2C(=O)C(=O)N1N=C(C)[C@H]2[C@@H]4[C@@H](C[C@@]21OC(C)=O)C4(C)C)C3(C)C. The lowest BCUT2D eigenvalue weighted by Crippen LogP contribution is -2.60. The Morgan fingerprint density at radius 1 is 0.722 bits per heavy atom. The minimum atomic E-state index is -1.32. The van der Waals surface area contributed by atoms with Gasteiger partial charge < -0.3 is 9.47 Å². The predicted molar refractivity (Wildman–Crippen MR) is 127 cm³/mol. The zero-order chi connectivity index (χ0) is 26.3. The number of fused-ring (bicyclic) bond motifs is 6. The van der Waals surface area contributed by atoms with Crippen molar-refractivity contribution in [3.8, 4) is 0 Å². The van der Waals surface area contributed by atoms with E-state index in [1.807, 2.05) is 13.8 Å². The third kappa shape index (κ3) is 2.58. The molecule has 36 heavy (non-hydrogen) atoms. The first-order valence-corrected chi connectivity index (χ1v) is 12.8. The van der Waals surface area contributed by atoms with E-state index < -0.39 is 35.2 Å². The van der Waals surface area contributed by atoms with Crippen LogP contribution in [0, 0.1) is 46.3 Å². The van der Waals surface area contributed by atoms with Gasteiger partial charge in [-0.05, 0) is 48.3 Å². The monoisotopic (exact) mass is 498 g/mol. The van der Waals surface area contributed by atoms with Gasteiger partial charge in [-0.1, -0.05) is 27.7 Å². The number of hydrogen-bond donors (Lipinski definition) is 0. The highest BCUT2D eigenvalue weighted by molar-refractivity contribution is 6.35. The van der Waals surface area contributed by atoms with Gasteiger partial charge in [-0.2, -0.15) is 20.2 Å². The largest absolute Gasteiger partial charge is 0.436 e. The maximum absolute atomic E-state index is 13.9. The second kappa shape index (κ2) is 6.55. The van der Waals surface area contributed by atoms with Crippen LogP contribution in [0.3, 0.4) is 0 Å². The summed E-state index contributed by atoms with van der Waals surface area (Å²) < 4.78 is 11.7. The molecule has 8 atom stereocenters. The van der Waals surface area contributed by atoms with Crippen molar-refractivity contribution in [1.29, 1.82) is 0 Å². The van der Waals surface area contributed by atoms with Gasteiger partial charge >= 0.3 is 23.8 Å². The molecule has 4 saturated carbocycles. The molecule has 2 amide bonds. The lowest BCUT2D eigenvalue weighted by Gasteiger charge is -2.41. The number of esters is 2. The van der Waals surface area contributed by atoms with Gasteiger partial charge in [0.25, 0.3) is 0 Å². The molecular weight excluding hydrogens is 464 g/mol. The van der Waals surface area contributed by atoms with Crippen molar-refractivity contribution < 1.29 is 28.7 Å². The maximum Gasteiger partial charge on any atom is 0.337 e. The summed E-state index contributed by atoms with van der Waals surface area (Å²) in [5.74, 6) is -2.52. The highest BCUT2D eigenvalue weighted by Crippen LogP contribution is 2.75. The molecule has 10 heteroatoms. The Bertz CT molecular complexity index is 1110. The van der Waals surface area contributed by atoms with E-state index in [1.165, 1.54) is 13.8 Å². The second-order valence-corrected chi connectivity index (χ2v) is 12.9. The molecule has 6 rings (SSSR count). The number of ether oxygens (including phenoxy) is 2. The fourth-order valence-corrected chi connectivity index (χ4v) is 8.75.